The van der Waals surface area contributed by atoms with Gasteiger partial charge in [0.15, 0.2) is 5.96 Å². The minimum absolute atomic E-state index is 0.252. The van der Waals surface area contributed by atoms with Crippen molar-refractivity contribution in [3.05, 3.63) is 22.2 Å². The van der Waals surface area contributed by atoms with E-state index in [1.807, 2.05) is 4.90 Å². The first-order valence-corrected chi connectivity index (χ1v) is 7.52. The number of imidazole rings is 1. The molecule has 0 aliphatic carbocycles. The summed E-state index contributed by atoms with van der Waals surface area (Å²) in [6.45, 7) is 8.28. The number of nitrogens with one attached hydrogen (secondary N) is 1. The van der Waals surface area contributed by atoms with Crippen LogP contribution < -0.4 is 5.73 Å². The molecule has 5 nitrogen and oxygen atoms in total. The monoisotopic (exact) mass is 327 g/mol. The van der Waals surface area contributed by atoms with Gasteiger partial charge in [-0.15, -0.1) is 0 Å². The fraction of sp³-hybridized carbons (Fsp3) is 0.429. The second kappa shape index (κ2) is 6.12. The van der Waals surface area contributed by atoms with Gasteiger partial charge in [-0.05, 0) is 39.8 Å². The van der Waals surface area contributed by atoms with Crippen molar-refractivity contribution >= 4 is 46.1 Å². The number of guanidine groups is 1. The molecule has 0 saturated heterocycles. The van der Waals surface area contributed by atoms with Crippen molar-refractivity contribution in [1.82, 2.24) is 14.9 Å². The standard InChI is InChI=1S/C14H19Cl2N5/c1-7(2)21(8(3)4)13(17)20-14-18-11-5-9(15)10(16)6-12(11)19-14/h5-8H,1-4H3,(H3,17,18,19,20). The summed E-state index contributed by atoms with van der Waals surface area (Å²) < 4.78 is 0. The molecule has 0 unspecified atom stereocenters. The van der Waals surface area contributed by atoms with Crippen molar-refractivity contribution in [2.75, 3.05) is 0 Å². The van der Waals surface area contributed by atoms with Crippen LogP contribution in [-0.2, 0) is 0 Å². The van der Waals surface area contributed by atoms with Gasteiger partial charge in [-0.2, -0.15) is 4.99 Å². The summed E-state index contributed by atoms with van der Waals surface area (Å²) in [4.78, 5) is 13.8. The Morgan fingerprint density at radius 2 is 1.76 bits per heavy atom. The molecule has 0 amide bonds. The Labute approximate surface area is 134 Å². The van der Waals surface area contributed by atoms with Crippen molar-refractivity contribution in [3.8, 4) is 0 Å². The largest absolute Gasteiger partial charge is 0.369 e. The summed E-state index contributed by atoms with van der Waals surface area (Å²) in [7, 11) is 0. The zero-order valence-corrected chi connectivity index (χ0v) is 14.0. The van der Waals surface area contributed by atoms with Crippen LogP contribution in [0.1, 0.15) is 27.7 Å². The van der Waals surface area contributed by atoms with Crippen LogP contribution in [0.3, 0.4) is 0 Å². The average molecular weight is 328 g/mol. The Hall–Kier alpha value is -1.46. The average Bonchev–Trinajstić information content (AvgIpc) is 2.69. The van der Waals surface area contributed by atoms with E-state index in [1.165, 1.54) is 0 Å². The number of nitrogens with zero attached hydrogens (tertiary/aromatic N) is 3. The molecule has 2 aromatic rings. The fourth-order valence-electron chi connectivity index (χ4n) is 2.34. The van der Waals surface area contributed by atoms with Crippen molar-refractivity contribution in [2.24, 2.45) is 10.7 Å². The maximum atomic E-state index is 6.10. The van der Waals surface area contributed by atoms with Crippen LogP contribution in [0.5, 0.6) is 0 Å². The third-order valence-corrected chi connectivity index (χ3v) is 3.83. The van der Waals surface area contributed by atoms with Gasteiger partial charge in [0.2, 0.25) is 5.95 Å². The molecule has 0 aliphatic heterocycles. The van der Waals surface area contributed by atoms with Gasteiger partial charge in [0, 0.05) is 12.1 Å². The molecular formula is C14H19Cl2N5. The summed E-state index contributed by atoms with van der Waals surface area (Å²) in [6, 6.07) is 3.93. The lowest BCUT2D eigenvalue weighted by atomic mass is 10.2. The third-order valence-electron chi connectivity index (χ3n) is 3.11. The number of benzene rings is 1. The number of aliphatic imine (C=N–C) groups is 1. The molecule has 7 heteroatoms. The van der Waals surface area contributed by atoms with Crippen LogP contribution in [0, 0.1) is 0 Å². The molecular weight excluding hydrogens is 309 g/mol. The van der Waals surface area contributed by atoms with Crippen molar-refractivity contribution < 1.29 is 0 Å². The molecule has 0 atom stereocenters. The van der Waals surface area contributed by atoms with Gasteiger partial charge in [0.25, 0.3) is 0 Å². The first-order chi connectivity index (χ1) is 9.79. The second-order valence-corrected chi connectivity index (χ2v) is 6.22. The van der Waals surface area contributed by atoms with Crippen LogP contribution in [0.4, 0.5) is 5.95 Å². The second-order valence-electron chi connectivity index (χ2n) is 5.41. The zero-order valence-electron chi connectivity index (χ0n) is 12.5. The van der Waals surface area contributed by atoms with Crippen molar-refractivity contribution in [2.45, 2.75) is 39.8 Å². The maximum Gasteiger partial charge on any atom is 0.231 e. The van der Waals surface area contributed by atoms with Crippen LogP contribution >= 0.6 is 23.2 Å². The summed E-state index contributed by atoms with van der Waals surface area (Å²) in [5, 5.41) is 0.937. The Morgan fingerprint density at radius 3 is 2.33 bits per heavy atom. The minimum Gasteiger partial charge on any atom is -0.369 e. The number of fused-ring (bicyclic) bond motifs is 1. The van der Waals surface area contributed by atoms with E-state index in [-0.39, 0.29) is 12.1 Å². The smallest absolute Gasteiger partial charge is 0.231 e. The highest BCUT2D eigenvalue weighted by Gasteiger charge is 2.16. The molecule has 0 radical (unpaired) electrons. The van der Waals surface area contributed by atoms with Gasteiger partial charge in [-0.25, -0.2) is 4.98 Å². The summed E-state index contributed by atoms with van der Waals surface area (Å²) >= 11 is 12.0. The zero-order chi connectivity index (χ0) is 15.7. The normalized spacial score (nSPS) is 12.7. The first-order valence-electron chi connectivity index (χ1n) is 6.77. The predicted octanol–water partition coefficient (Wildman–Crippen LogP) is 3.93. The lowest BCUT2D eigenvalue weighted by Gasteiger charge is -2.31. The third kappa shape index (κ3) is 3.41. The molecule has 3 N–H and O–H groups in total. The van der Waals surface area contributed by atoms with E-state index in [2.05, 4.69) is 42.7 Å². The highest BCUT2D eigenvalue weighted by molar-refractivity contribution is 6.42. The number of rotatable bonds is 3. The maximum absolute atomic E-state index is 6.10. The van der Waals surface area contributed by atoms with Gasteiger partial charge >= 0.3 is 0 Å². The topological polar surface area (TPSA) is 70.3 Å². The molecule has 0 saturated carbocycles. The lowest BCUT2D eigenvalue weighted by Crippen LogP contribution is -2.46. The van der Waals surface area contributed by atoms with E-state index in [9.17, 15) is 0 Å². The Bertz CT molecular complexity index is 628. The van der Waals surface area contributed by atoms with Gasteiger partial charge in [0.05, 0.1) is 21.1 Å². The van der Waals surface area contributed by atoms with Crippen molar-refractivity contribution in [1.29, 1.82) is 0 Å². The SMILES string of the molecule is CC(C)N(/C(N)=N/c1nc2cc(Cl)c(Cl)cc2[nH]1)C(C)C. The summed E-state index contributed by atoms with van der Waals surface area (Å²) in [5.41, 5.74) is 7.58. The number of H-pyrrole nitrogens is 1. The van der Waals surface area contributed by atoms with E-state index in [0.29, 0.717) is 27.5 Å². The number of aromatic nitrogens is 2. The molecule has 0 fully saturated rings. The number of aromatic amines is 1. The predicted molar refractivity (Wildman–Crippen MR) is 89.5 cm³/mol. The fourth-order valence-corrected chi connectivity index (χ4v) is 2.66. The van der Waals surface area contributed by atoms with Gasteiger partial charge in [-0.3, -0.25) is 0 Å². The molecule has 2 rings (SSSR count). The quantitative estimate of drug-likeness (QED) is 0.662. The molecule has 0 aliphatic rings. The minimum atomic E-state index is 0.252. The first kappa shape index (κ1) is 15.9. The molecule has 21 heavy (non-hydrogen) atoms. The number of hydrogen-bond donors (Lipinski definition) is 2. The van der Waals surface area contributed by atoms with Crippen LogP contribution in [0.25, 0.3) is 11.0 Å². The molecule has 1 aromatic heterocycles. The molecule has 1 heterocycles. The molecule has 114 valence electrons. The van der Waals surface area contributed by atoms with E-state index in [0.717, 1.165) is 5.52 Å². The van der Waals surface area contributed by atoms with Crippen LogP contribution in [0.15, 0.2) is 17.1 Å². The summed E-state index contributed by atoms with van der Waals surface area (Å²) in [5.74, 6) is 0.864. The van der Waals surface area contributed by atoms with E-state index in [1.54, 1.807) is 12.1 Å². The number of nitrogens with two attached hydrogens (primary N) is 1. The van der Waals surface area contributed by atoms with Gasteiger partial charge in [-0.1, -0.05) is 23.2 Å². The van der Waals surface area contributed by atoms with Crippen molar-refractivity contribution in [3.63, 3.8) is 0 Å². The Balaban J connectivity index is 2.40. The lowest BCUT2D eigenvalue weighted by molar-refractivity contribution is 0.289. The van der Waals surface area contributed by atoms with Gasteiger partial charge in [0.1, 0.15) is 0 Å². The van der Waals surface area contributed by atoms with Gasteiger partial charge < -0.3 is 15.6 Å². The van der Waals surface area contributed by atoms with E-state index >= 15 is 0 Å². The summed E-state index contributed by atoms with van der Waals surface area (Å²) in [6.07, 6.45) is 0. The highest BCUT2D eigenvalue weighted by atomic mass is 35.5. The molecule has 0 spiro atoms. The van der Waals surface area contributed by atoms with Crippen LogP contribution in [0.2, 0.25) is 10.0 Å². The van der Waals surface area contributed by atoms with E-state index < -0.39 is 0 Å². The molecule has 1 aromatic carbocycles. The number of hydrogen-bond acceptors (Lipinski definition) is 2. The Morgan fingerprint density at radius 1 is 1.19 bits per heavy atom. The van der Waals surface area contributed by atoms with E-state index in [4.69, 9.17) is 28.9 Å². The molecule has 0 bridgehead atoms. The Kier molecular flexibility index (Phi) is 4.64. The number of halogens is 2. The highest BCUT2D eigenvalue weighted by Crippen LogP contribution is 2.28. The van der Waals surface area contributed by atoms with Crippen LogP contribution in [-0.4, -0.2) is 32.9 Å².